The maximum atomic E-state index is 11.3. The van der Waals surface area contributed by atoms with Gasteiger partial charge in [-0.3, -0.25) is 9.51 Å². The van der Waals surface area contributed by atoms with Gasteiger partial charge in [0.25, 0.3) is 0 Å². The van der Waals surface area contributed by atoms with Gasteiger partial charge >= 0.3 is 5.76 Å². The number of anilines is 2. The summed E-state index contributed by atoms with van der Waals surface area (Å²) < 4.78 is 10.9. The summed E-state index contributed by atoms with van der Waals surface area (Å²) in [5.41, 5.74) is 2.93. The number of para-hydroxylation sites is 2. The Hall–Kier alpha value is -3.06. The van der Waals surface area contributed by atoms with E-state index in [2.05, 4.69) is 43.1 Å². The molecule has 7 heteroatoms. The van der Waals surface area contributed by atoms with Gasteiger partial charge in [0.05, 0.1) is 11.4 Å². The minimum Gasteiger partial charge on any atom is -0.453 e. The molecule has 2 unspecified atom stereocenters. The van der Waals surface area contributed by atoms with Crippen molar-refractivity contribution in [2.45, 2.75) is 43.8 Å². The second kappa shape index (κ2) is 5.97. The maximum absolute atomic E-state index is 11.3. The van der Waals surface area contributed by atoms with Crippen LogP contribution in [-0.4, -0.2) is 28.3 Å². The number of ether oxygens (including phenoxy) is 1. The zero-order valence-corrected chi connectivity index (χ0v) is 15.2. The summed E-state index contributed by atoms with van der Waals surface area (Å²) in [7, 11) is 0. The highest BCUT2D eigenvalue weighted by Gasteiger charge is 2.39. The molecule has 3 aromatic rings. The number of benzene rings is 2. The zero-order valence-electron chi connectivity index (χ0n) is 15.2. The van der Waals surface area contributed by atoms with Crippen molar-refractivity contribution in [2.24, 2.45) is 0 Å². The van der Waals surface area contributed by atoms with E-state index in [4.69, 9.17) is 4.74 Å². The van der Waals surface area contributed by atoms with E-state index in [-0.39, 0.29) is 0 Å². The average Bonchev–Trinajstić information content (AvgIpc) is 3.30. The molecule has 2 fully saturated rings. The van der Waals surface area contributed by atoms with Crippen LogP contribution in [0.15, 0.2) is 51.8 Å². The van der Waals surface area contributed by atoms with Crippen LogP contribution < -0.4 is 20.7 Å². The molecule has 0 aliphatic carbocycles. The normalized spacial score (nSPS) is 25.1. The van der Waals surface area contributed by atoms with Crippen molar-refractivity contribution in [1.82, 2.24) is 15.5 Å². The smallest absolute Gasteiger partial charge is 0.439 e. The number of aromatic nitrogens is 2. The van der Waals surface area contributed by atoms with Crippen LogP contribution in [0.4, 0.5) is 11.4 Å². The van der Waals surface area contributed by atoms with Crippen molar-refractivity contribution < 1.29 is 9.26 Å². The minimum atomic E-state index is -0.564. The third-order valence-electron chi connectivity index (χ3n) is 6.09. The molecule has 3 aliphatic heterocycles. The van der Waals surface area contributed by atoms with Gasteiger partial charge < -0.3 is 15.0 Å². The Bertz CT molecular complexity index is 1090. The fraction of sp³-hybridized carbons (Fsp3) is 0.333. The quantitative estimate of drug-likeness (QED) is 0.712. The topological polar surface area (TPSA) is 83.4 Å². The SMILES string of the molecule is O=c1[nH]c(-c2ccc3c(c2)Oc2ccccc2N3C2CC3CCC(C2)N3)no1. The Labute approximate surface area is 161 Å². The van der Waals surface area contributed by atoms with Crippen LogP contribution in [-0.2, 0) is 0 Å². The molecule has 2 bridgehead atoms. The number of hydrogen-bond donors (Lipinski definition) is 2. The number of aromatic amines is 1. The van der Waals surface area contributed by atoms with Gasteiger partial charge in [0.2, 0.25) is 0 Å². The Balaban J connectivity index is 1.45. The summed E-state index contributed by atoms with van der Waals surface area (Å²) in [4.78, 5) is 16.4. The van der Waals surface area contributed by atoms with Gasteiger partial charge in [-0.1, -0.05) is 17.3 Å². The minimum absolute atomic E-state index is 0.404. The Morgan fingerprint density at radius 1 is 1.00 bits per heavy atom. The molecule has 0 amide bonds. The first-order valence-corrected chi connectivity index (χ1v) is 9.77. The summed E-state index contributed by atoms with van der Waals surface area (Å²) in [6, 6.07) is 15.7. The number of nitrogens with one attached hydrogen (secondary N) is 2. The van der Waals surface area contributed by atoms with Gasteiger partial charge in [0.15, 0.2) is 17.3 Å². The van der Waals surface area contributed by atoms with Crippen LogP contribution in [0.3, 0.4) is 0 Å². The predicted molar refractivity (Wildman–Crippen MR) is 104 cm³/mol. The van der Waals surface area contributed by atoms with E-state index < -0.39 is 5.76 Å². The van der Waals surface area contributed by atoms with Crippen LogP contribution in [0.5, 0.6) is 11.5 Å². The Kier molecular flexibility index (Phi) is 3.40. The number of nitrogens with zero attached hydrogens (tertiary/aromatic N) is 2. The van der Waals surface area contributed by atoms with Crippen molar-refractivity contribution in [1.29, 1.82) is 0 Å². The summed E-state index contributed by atoms with van der Waals surface area (Å²) in [6.07, 6.45) is 4.78. The third-order valence-corrected chi connectivity index (χ3v) is 6.09. The molecule has 0 saturated carbocycles. The van der Waals surface area contributed by atoms with E-state index in [1.807, 2.05) is 24.3 Å². The van der Waals surface area contributed by atoms with Gasteiger partial charge in [-0.25, -0.2) is 4.79 Å². The standard InChI is InChI=1S/C21H20N4O3/c26-21-23-20(24-28-21)12-5-8-17-19(9-12)27-18-4-2-1-3-16(18)25(17)15-10-13-6-7-14(11-15)22-13/h1-5,8-9,13-15,22H,6-7,10-11H2,(H,23,24,26). The first-order chi connectivity index (χ1) is 13.7. The van der Waals surface area contributed by atoms with Crippen LogP contribution in [0, 0.1) is 0 Å². The lowest BCUT2D eigenvalue weighted by Gasteiger charge is -2.42. The average molecular weight is 376 g/mol. The lowest BCUT2D eigenvalue weighted by Crippen LogP contribution is -2.47. The van der Waals surface area contributed by atoms with Gasteiger partial charge in [0.1, 0.15) is 0 Å². The fourth-order valence-electron chi connectivity index (χ4n) is 4.92. The molecule has 0 spiro atoms. The second-order valence-corrected chi connectivity index (χ2v) is 7.83. The molecule has 6 rings (SSSR count). The van der Waals surface area contributed by atoms with E-state index in [1.165, 1.54) is 12.8 Å². The number of H-pyrrole nitrogens is 1. The van der Waals surface area contributed by atoms with Gasteiger partial charge in [-0.2, -0.15) is 0 Å². The van der Waals surface area contributed by atoms with Crippen molar-refractivity contribution >= 4 is 11.4 Å². The molecular formula is C21H20N4O3. The molecule has 7 nitrogen and oxygen atoms in total. The number of rotatable bonds is 2. The van der Waals surface area contributed by atoms with Gasteiger partial charge in [-0.15, -0.1) is 0 Å². The molecule has 3 aliphatic rings. The third kappa shape index (κ3) is 2.46. The summed E-state index contributed by atoms with van der Waals surface area (Å²) in [5.74, 6) is 1.46. The Morgan fingerprint density at radius 2 is 1.79 bits per heavy atom. The molecule has 2 atom stereocenters. The molecule has 2 aromatic carbocycles. The summed E-state index contributed by atoms with van der Waals surface area (Å²) in [6.45, 7) is 0. The predicted octanol–water partition coefficient (Wildman–Crippen LogP) is 3.56. The molecule has 2 N–H and O–H groups in total. The first kappa shape index (κ1) is 15.9. The molecule has 28 heavy (non-hydrogen) atoms. The highest BCUT2D eigenvalue weighted by atomic mass is 16.5. The van der Waals surface area contributed by atoms with Crippen molar-refractivity contribution in [2.75, 3.05) is 4.90 Å². The maximum Gasteiger partial charge on any atom is 0.439 e. The van der Waals surface area contributed by atoms with Crippen molar-refractivity contribution in [3.05, 3.63) is 53.0 Å². The zero-order chi connectivity index (χ0) is 18.7. The van der Waals surface area contributed by atoms with E-state index >= 15 is 0 Å². The molecular weight excluding hydrogens is 356 g/mol. The summed E-state index contributed by atoms with van der Waals surface area (Å²) in [5, 5.41) is 7.53. The first-order valence-electron chi connectivity index (χ1n) is 9.77. The van der Waals surface area contributed by atoms with E-state index in [0.717, 1.165) is 41.3 Å². The van der Waals surface area contributed by atoms with Crippen molar-refractivity contribution in [3.63, 3.8) is 0 Å². The fourth-order valence-corrected chi connectivity index (χ4v) is 4.92. The molecule has 0 radical (unpaired) electrons. The number of hydrogen-bond acceptors (Lipinski definition) is 6. The molecule has 142 valence electrons. The monoisotopic (exact) mass is 376 g/mol. The van der Waals surface area contributed by atoms with E-state index in [1.54, 1.807) is 0 Å². The highest BCUT2D eigenvalue weighted by Crippen LogP contribution is 2.50. The number of fused-ring (bicyclic) bond motifs is 4. The van der Waals surface area contributed by atoms with Gasteiger partial charge in [0, 0.05) is 23.7 Å². The molecule has 4 heterocycles. The van der Waals surface area contributed by atoms with Crippen LogP contribution >= 0.6 is 0 Å². The van der Waals surface area contributed by atoms with Crippen LogP contribution in [0.2, 0.25) is 0 Å². The molecule has 2 saturated heterocycles. The largest absolute Gasteiger partial charge is 0.453 e. The number of piperidine rings is 1. The summed E-state index contributed by atoms with van der Waals surface area (Å²) >= 11 is 0. The van der Waals surface area contributed by atoms with Gasteiger partial charge in [-0.05, 0) is 56.0 Å². The molecule has 1 aromatic heterocycles. The lowest BCUT2D eigenvalue weighted by molar-refractivity contribution is 0.353. The Morgan fingerprint density at radius 3 is 2.57 bits per heavy atom. The van der Waals surface area contributed by atoms with E-state index in [0.29, 0.717) is 23.9 Å². The second-order valence-electron chi connectivity index (χ2n) is 7.83. The lowest BCUT2D eigenvalue weighted by atomic mass is 9.95. The van der Waals surface area contributed by atoms with Crippen LogP contribution in [0.1, 0.15) is 25.7 Å². The van der Waals surface area contributed by atoms with E-state index in [9.17, 15) is 4.79 Å². The highest BCUT2D eigenvalue weighted by molar-refractivity contribution is 5.80. The van der Waals surface area contributed by atoms with Crippen molar-refractivity contribution in [3.8, 4) is 22.9 Å². The van der Waals surface area contributed by atoms with Crippen LogP contribution in [0.25, 0.3) is 11.4 Å².